The van der Waals surface area contributed by atoms with Crippen LogP contribution in [-0.2, 0) is 6.42 Å². The van der Waals surface area contributed by atoms with E-state index in [1.165, 1.54) is 0 Å². The van der Waals surface area contributed by atoms with Crippen molar-refractivity contribution >= 4 is 32.9 Å². The van der Waals surface area contributed by atoms with Crippen LogP contribution in [0.5, 0.6) is 0 Å². The minimum atomic E-state index is 0.777. The van der Waals surface area contributed by atoms with Crippen molar-refractivity contribution in [2.45, 2.75) is 19.8 Å². The van der Waals surface area contributed by atoms with Crippen molar-refractivity contribution in [1.29, 1.82) is 0 Å². The lowest BCUT2D eigenvalue weighted by Crippen LogP contribution is -2.05. The molecule has 3 aromatic rings. The van der Waals surface area contributed by atoms with Crippen molar-refractivity contribution in [3.05, 3.63) is 35.4 Å². The number of nitrogens with one attached hydrogen (secondary N) is 2. The van der Waals surface area contributed by atoms with Gasteiger partial charge in [0.2, 0.25) is 0 Å². The molecule has 2 aromatic heterocycles. The van der Waals surface area contributed by atoms with Crippen LogP contribution in [0, 0.1) is 6.92 Å². The molecule has 0 fully saturated rings. The molecule has 1 aromatic carbocycles. The third kappa shape index (κ3) is 2.75. The highest BCUT2D eigenvalue weighted by atomic mass is 32.1. The number of imidazole rings is 1. The van der Waals surface area contributed by atoms with Gasteiger partial charge in [-0.05, 0) is 25.5 Å². The molecule has 104 valence electrons. The molecule has 0 spiro atoms. The number of aromatic amines is 1. The van der Waals surface area contributed by atoms with Crippen molar-refractivity contribution in [2.75, 3.05) is 17.6 Å². The van der Waals surface area contributed by atoms with Gasteiger partial charge in [-0.3, -0.25) is 0 Å². The van der Waals surface area contributed by atoms with Crippen LogP contribution >= 0.6 is 11.3 Å². The number of nitrogens with two attached hydrogens (primary N) is 1. The highest BCUT2D eigenvalue weighted by Gasteiger charge is 2.06. The first-order valence-electron chi connectivity index (χ1n) is 6.61. The molecule has 0 aliphatic heterocycles. The molecular weight excluding hydrogens is 270 g/mol. The summed E-state index contributed by atoms with van der Waals surface area (Å²) < 4.78 is 1.14. The van der Waals surface area contributed by atoms with Gasteiger partial charge in [0.05, 0.1) is 26.6 Å². The average molecular weight is 287 g/mol. The molecule has 0 aliphatic rings. The highest BCUT2D eigenvalue weighted by molar-refractivity contribution is 7.18. The van der Waals surface area contributed by atoms with E-state index in [1.807, 2.05) is 25.3 Å². The topological polar surface area (TPSA) is 79.6 Å². The van der Waals surface area contributed by atoms with E-state index in [-0.39, 0.29) is 0 Å². The number of hydrogen-bond acceptors (Lipinski definition) is 5. The summed E-state index contributed by atoms with van der Waals surface area (Å²) in [5.74, 6) is 1.02. The molecule has 0 saturated heterocycles. The number of benzene rings is 1. The molecule has 0 unspecified atom stereocenters. The lowest BCUT2D eigenvalue weighted by Gasteiger charge is -2.08. The summed E-state index contributed by atoms with van der Waals surface area (Å²) in [7, 11) is 0. The van der Waals surface area contributed by atoms with Gasteiger partial charge >= 0.3 is 0 Å². The number of H-pyrrole nitrogens is 1. The molecule has 20 heavy (non-hydrogen) atoms. The molecule has 0 atom stereocenters. The fourth-order valence-corrected chi connectivity index (χ4v) is 3.03. The fraction of sp³-hybridized carbons (Fsp3) is 0.286. The Hall–Kier alpha value is -2.08. The second-order valence-electron chi connectivity index (χ2n) is 4.71. The van der Waals surface area contributed by atoms with Crippen LogP contribution in [0.2, 0.25) is 0 Å². The Bertz CT molecular complexity index is 702. The van der Waals surface area contributed by atoms with Crippen LogP contribution in [0.3, 0.4) is 0 Å². The summed E-state index contributed by atoms with van der Waals surface area (Å²) in [5, 5.41) is 4.44. The van der Waals surface area contributed by atoms with E-state index in [0.29, 0.717) is 0 Å². The Morgan fingerprint density at radius 3 is 3.10 bits per heavy atom. The van der Waals surface area contributed by atoms with Crippen molar-refractivity contribution in [1.82, 2.24) is 15.0 Å². The van der Waals surface area contributed by atoms with Crippen molar-refractivity contribution in [3.8, 4) is 0 Å². The number of aryl methyl sites for hydroxylation is 2. The smallest absolute Gasteiger partial charge is 0.106 e. The summed E-state index contributed by atoms with van der Waals surface area (Å²) in [6.45, 7) is 2.87. The predicted molar refractivity (Wildman–Crippen MR) is 84.2 cm³/mol. The summed E-state index contributed by atoms with van der Waals surface area (Å²) in [6.07, 6.45) is 5.55. The normalized spacial score (nSPS) is 11.1. The van der Waals surface area contributed by atoms with Crippen LogP contribution in [0.4, 0.5) is 11.4 Å². The molecule has 6 heteroatoms. The van der Waals surface area contributed by atoms with Gasteiger partial charge in [0, 0.05) is 25.4 Å². The summed E-state index contributed by atoms with van der Waals surface area (Å²) in [6, 6.07) is 4.02. The first-order valence-corrected chi connectivity index (χ1v) is 7.43. The lowest BCUT2D eigenvalue weighted by atomic mass is 10.2. The van der Waals surface area contributed by atoms with Gasteiger partial charge in [-0.25, -0.2) is 9.97 Å². The van der Waals surface area contributed by atoms with Gasteiger partial charge in [-0.15, -0.1) is 11.3 Å². The molecule has 0 radical (unpaired) electrons. The fourth-order valence-electron chi connectivity index (χ4n) is 2.17. The van der Waals surface area contributed by atoms with Gasteiger partial charge in [-0.2, -0.15) is 0 Å². The summed E-state index contributed by atoms with van der Waals surface area (Å²) in [4.78, 5) is 11.8. The van der Waals surface area contributed by atoms with Crippen molar-refractivity contribution < 1.29 is 0 Å². The van der Waals surface area contributed by atoms with E-state index in [4.69, 9.17) is 5.73 Å². The van der Waals surface area contributed by atoms with Gasteiger partial charge in [-0.1, -0.05) is 0 Å². The molecule has 3 rings (SSSR count). The minimum absolute atomic E-state index is 0.777. The van der Waals surface area contributed by atoms with Crippen molar-refractivity contribution in [3.63, 3.8) is 0 Å². The number of nitrogen functional groups attached to an aromatic ring is 1. The molecule has 5 nitrogen and oxygen atoms in total. The van der Waals surface area contributed by atoms with Crippen LogP contribution in [0.25, 0.3) is 10.2 Å². The van der Waals surface area contributed by atoms with Crippen LogP contribution in [-0.4, -0.2) is 21.5 Å². The summed E-state index contributed by atoms with van der Waals surface area (Å²) in [5.41, 5.74) is 8.82. The van der Waals surface area contributed by atoms with E-state index in [0.717, 1.165) is 51.8 Å². The zero-order valence-corrected chi connectivity index (χ0v) is 12.1. The van der Waals surface area contributed by atoms with E-state index in [9.17, 15) is 0 Å². The Morgan fingerprint density at radius 1 is 1.40 bits per heavy atom. The van der Waals surface area contributed by atoms with E-state index >= 15 is 0 Å². The Balaban J connectivity index is 1.63. The number of nitrogens with zero attached hydrogens (tertiary/aromatic N) is 2. The Labute approximate surface area is 121 Å². The quantitative estimate of drug-likeness (QED) is 0.498. The van der Waals surface area contributed by atoms with Gasteiger partial charge in [0.15, 0.2) is 0 Å². The molecule has 0 aliphatic carbocycles. The van der Waals surface area contributed by atoms with Gasteiger partial charge in [0.25, 0.3) is 0 Å². The third-order valence-electron chi connectivity index (χ3n) is 3.13. The maximum absolute atomic E-state index is 6.07. The molecule has 2 heterocycles. The second-order valence-corrected chi connectivity index (χ2v) is 5.94. The standard InChI is InChI=1S/C14H17N5S/c1-9-19-12-8-11(10(15)7-13(12)20-9)16-4-2-3-14-17-5-6-18-14/h5-8,16H,2-4,15H2,1H3,(H,17,18). The number of thiazole rings is 1. The summed E-state index contributed by atoms with van der Waals surface area (Å²) >= 11 is 1.67. The second kappa shape index (κ2) is 5.50. The first kappa shape index (κ1) is 12.9. The molecule has 0 amide bonds. The molecule has 4 N–H and O–H groups in total. The zero-order valence-electron chi connectivity index (χ0n) is 11.3. The van der Waals surface area contributed by atoms with Crippen LogP contribution in [0.15, 0.2) is 24.5 Å². The lowest BCUT2D eigenvalue weighted by molar-refractivity contribution is 0.817. The van der Waals surface area contributed by atoms with Gasteiger partial charge in [0.1, 0.15) is 5.82 Å². The van der Waals surface area contributed by atoms with Crippen LogP contribution in [0.1, 0.15) is 17.3 Å². The Morgan fingerprint density at radius 2 is 2.30 bits per heavy atom. The number of aromatic nitrogens is 3. The van der Waals surface area contributed by atoms with Crippen molar-refractivity contribution in [2.24, 2.45) is 0 Å². The maximum Gasteiger partial charge on any atom is 0.106 e. The largest absolute Gasteiger partial charge is 0.397 e. The number of hydrogen-bond donors (Lipinski definition) is 3. The van der Waals surface area contributed by atoms with Gasteiger partial charge < -0.3 is 16.0 Å². The molecule has 0 saturated carbocycles. The maximum atomic E-state index is 6.07. The molecule has 0 bridgehead atoms. The number of fused-ring (bicyclic) bond motifs is 1. The number of anilines is 2. The minimum Gasteiger partial charge on any atom is -0.397 e. The SMILES string of the molecule is Cc1nc2cc(NCCCc3ncc[nH]3)c(N)cc2s1. The third-order valence-corrected chi connectivity index (χ3v) is 4.06. The predicted octanol–water partition coefficient (Wildman–Crippen LogP) is 2.95. The van der Waals surface area contributed by atoms with E-state index in [1.54, 1.807) is 17.5 Å². The molecular formula is C14H17N5S. The van der Waals surface area contributed by atoms with E-state index in [2.05, 4.69) is 20.3 Å². The average Bonchev–Trinajstić information content (AvgIpc) is 3.03. The van der Waals surface area contributed by atoms with E-state index < -0.39 is 0 Å². The Kier molecular flexibility index (Phi) is 3.56. The monoisotopic (exact) mass is 287 g/mol. The highest BCUT2D eigenvalue weighted by Crippen LogP contribution is 2.29. The van der Waals surface area contributed by atoms with Crippen LogP contribution < -0.4 is 11.1 Å². The first-order chi connectivity index (χ1) is 9.72. The number of rotatable bonds is 5. The zero-order chi connectivity index (χ0) is 13.9.